The summed E-state index contributed by atoms with van der Waals surface area (Å²) in [7, 11) is 0. The van der Waals surface area contributed by atoms with Crippen LogP contribution in [0, 0.1) is 0 Å². The number of aliphatic hydroxyl groups is 1. The Bertz CT molecular complexity index is 769. The number of thiophene rings is 1. The fraction of sp³-hybridized carbons (Fsp3) is 0.118. The summed E-state index contributed by atoms with van der Waals surface area (Å²) >= 11 is 7.28. The Balaban J connectivity index is 1.71. The first-order valence-electron chi connectivity index (χ1n) is 7.19. The van der Waals surface area contributed by atoms with Crippen molar-refractivity contribution < 1.29 is 14.3 Å². The standard InChI is InChI=1S/C17H15ClN2O3S/c18-12-4-1-5-13(10-12)20-16(21)19-11-17(22,14-6-2-8-23-14)15-7-3-9-24-15/h1-10,22H,11H2,(H2,19,20,21). The van der Waals surface area contributed by atoms with Gasteiger partial charge in [0.15, 0.2) is 5.60 Å². The first-order chi connectivity index (χ1) is 11.6. The molecule has 2 heterocycles. The number of rotatable bonds is 5. The molecule has 0 fully saturated rings. The molecule has 0 aliphatic rings. The molecular formula is C17H15ClN2O3S. The van der Waals surface area contributed by atoms with Gasteiger partial charge in [0.1, 0.15) is 5.76 Å². The van der Waals surface area contributed by atoms with E-state index in [0.29, 0.717) is 21.3 Å². The molecule has 0 aliphatic heterocycles. The van der Waals surface area contributed by atoms with E-state index in [0.717, 1.165) is 0 Å². The normalized spacial score (nSPS) is 13.2. The van der Waals surface area contributed by atoms with E-state index in [4.69, 9.17) is 16.0 Å². The van der Waals surface area contributed by atoms with Crippen molar-refractivity contribution in [2.45, 2.75) is 5.60 Å². The molecule has 24 heavy (non-hydrogen) atoms. The Morgan fingerprint density at radius 3 is 2.79 bits per heavy atom. The van der Waals surface area contributed by atoms with Gasteiger partial charge in [-0.05, 0) is 41.8 Å². The minimum absolute atomic E-state index is 0.0343. The Hall–Kier alpha value is -2.28. The summed E-state index contributed by atoms with van der Waals surface area (Å²) in [5.41, 5.74) is -0.860. The van der Waals surface area contributed by atoms with Gasteiger partial charge in [0.25, 0.3) is 0 Å². The van der Waals surface area contributed by atoms with Crippen LogP contribution in [0.25, 0.3) is 0 Å². The van der Waals surface area contributed by atoms with E-state index in [1.165, 1.54) is 17.6 Å². The van der Waals surface area contributed by atoms with E-state index >= 15 is 0 Å². The van der Waals surface area contributed by atoms with E-state index in [9.17, 15) is 9.90 Å². The molecule has 5 nitrogen and oxygen atoms in total. The first kappa shape index (κ1) is 16.6. The Labute approximate surface area is 147 Å². The highest BCUT2D eigenvalue weighted by atomic mass is 35.5. The SMILES string of the molecule is O=C(NCC(O)(c1ccco1)c1cccs1)Nc1cccc(Cl)c1. The van der Waals surface area contributed by atoms with Crippen molar-refractivity contribution in [3.8, 4) is 0 Å². The van der Waals surface area contributed by atoms with Crippen LogP contribution in [0.15, 0.2) is 64.6 Å². The van der Waals surface area contributed by atoms with Gasteiger partial charge in [0.2, 0.25) is 0 Å². The number of hydrogen-bond donors (Lipinski definition) is 3. The number of urea groups is 1. The Morgan fingerprint density at radius 2 is 2.12 bits per heavy atom. The summed E-state index contributed by atoms with van der Waals surface area (Å²) in [6.07, 6.45) is 1.49. The summed E-state index contributed by atoms with van der Waals surface area (Å²) in [5, 5.41) is 18.8. The van der Waals surface area contributed by atoms with Crippen LogP contribution >= 0.6 is 22.9 Å². The van der Waals surface area contributed by atoms with Crippen molar-refractivity contribution in [3.63, 3.8) is 0 Å². The number of carbonyl (C=O) groups excluding carboxylic acids is 1. The molecule has 124 valence electrons. The minimum atomic E-state index is -1.43. The number of halogens is 1. The smallest absolute Gasteiger partial charge is 0.319 e. The van der Waals surface area contributed by atoms with Gasteiger partial charge in [-0.3, -0.25) is 0 Å². The molecule has 3 N–H and O–H groups in total. The summed E-state index contributed by atoms with van der Waals surface area (Å²) in [6.45, 7) is -0.0343. The van der Waals surface area contributed by atoms with Gasteiger partial charge in [-0.25, -0.2) is 4.79 Å². The number of nitrogens with one attached hydrogen (secondary N) is 2. The van der Waals surface area contributed by atoms with Gasteiger partial charge in [-0.15, -0.1) is 11.3 Å². The van der Waals surface area contributed by atoms with Crippen molar-refractivity contribution in [2.24, 2.45) is 0 Å². The number of furan rings is 1. The average Bonchev–Trinajstić information content (AvgIpc) is 3.26. The molecular weight excluding hydrogens is 348 g/mol. The molecule has 3 rings (SSSR count). The van der Waals surface area contributed by atoms with Gasteiger partial charge < -0.3 is 20.2 Å². The maximum atomic E-state index is 12.1. The Morgan fingerprint density at radius 1 is 1.25 bits per heavy atom. The third-order valence-corrected chi connectivity index (χ3v) is 4.70. The largest absolute Gasteiger partial charge is 0.466 e. The highest BCUT2D eigenvalue weighted by Crippen LogP contribution is 2.32. The maximum Gasteiger partial charge on any atom is 0.319 e. The second kappa shape index (κ2) is 7.09. The molecule has 2 aromatic heterocycles. The van der Waals surface area contributed by atoms with E-state index in [1.807, 2.05) is 11.4 Å². The number of amides is 2. The van der Waals surface area contributed by atoms with E-state index < -0.39 is 11.6 Å². The molecule has 7 heteroatoms. The first-order valence-corrected chi connectivity index (χ1v) is 8.44. The quantitative estimate of drug-likeness (QED) is 0.641. The average molecular weight is 363 g/mol. The van der Waals surface area contributed by atoms with Crippen LogP contribution in [0.1, 0.15) is 10.6 Å². The van der Waals surface area contributed by atoms with Crippen LogP contribution in [0.5, 0.6) is 0 Å². The van der Waals surface area contributed by atoms with Crippen molar-refractivity contribution in [1.82, 2.24) is 5.32 Å². The van der Waals surface area contributed by atoms with Gasteiger partial charge in [0, 0.05) is 15.6 Å². The lowest BCUT2D eigenvalue weighted by molar-refractivity contribution is 0.0628. The van der Waals surface area contributed by atoms with Gasteiger partial charge >= 0.3 is 6.03 Å². The second-order valence-electron chi connectivity index (χ2n) is 5.13. The number of hydrogen-bond acceptors (Lipinski definition) is 4. The molecule has 0 aliphatic carbocycles. The molecule has 1 atom stereocenters. The Kier molecular flexibility index (Phi) is 4.89. The van der Waals surface area contributed by atoms with Crippen molar-refractivity contribution in [2.75, 3.05) is 11.9 Å². The van der Waals surface area contributed by atoms with Gasteiger partial charge in [0.05, 0.1) is 12.8 Å². The second-order valence-corrected chi connectivity index (χ2v) is 6.52. The molecule has 0 radical (unpaired) electrons. The zero-order valence-corrected chi connectivity index (χ0v) is 14.1. The zero-order valence-electron chi connectivity index (χ0n) is 12.5. The molecule has 0 spiro atoms. The molecule has 1 unspecified atom stereocenters. The monoisotopic (exact) mass is 362 g/mol. The molecule has 3 aromatic rings. The predicted octanol–water partition coefficient (Wildman–Crippen LogP) is 4.05. The molecule has 1 aromatic carbocycles. The third-order valence-electron chi connectivity index (χ3n) is 3.44. The lowest BCUT2D eigenvalue weighted by Crippen LogP contribution is -2.42. The van der Waals surface area contributed by atoms with Crippen LogP contribution in [-0.2, 0) is 5.60 Å². The van der Waals surface area contributed by atoms with Gasteiger partial charge in [-0.1, -0.05) is 23.7 Å². The highest BCUT2D eigenvalue weighted by molar-refractivity contribution is 7.10. The lowest BCUT2D eigenvalue weighted by atomic mass is 9.99. The fourth-order valence-corrected chi connectivity index (χ4v) is 3.29. The minimum Gasteiger partial charge on any atom is -0.466 e. The highest BCUT2D eigenvalue weighted by Gasteiger charge is 2.36. The number of carbonyl (C=O) groups is 1. The summed E-state index contributed by atoms with van der Waals surface area (Å²) in [4.78, 5) is 12.8. The molecule has 2 amide bonds. The van der Waals surface area contributed by atoms with E-state index in [1.54, 1.807) is 42.5 Å². The molecule has 0 saturated carbocycles. The zero-order chi connectivity index (χ0) is 17.0. The predicted molar refractivity (Wildman–Crippen MR) is 94.5 cm³/mol. The fourth-order valence-electron chi connectivity index (χ4n) is 2.27. The van der Waals surface area contributed by atoms with Crippen LogP contribution in [0.4, 0.5) is 10.5 Å². The van der Waals surface area contributed by atoms with Crippen LogP contribution in [0.2, 0.25) is 5.02 Å². The van der Waals surface area contributed by atoms with Crippen molar-refractivity contribution in [3.05, 3.63) is 75.8 Å². The maximum absolute atomic E-state index is 12.1. The van der Waals surface area contributed by atoms with Crippen molar-refractivity contribution in [1.29, 1.82) is 0 Å². The summed E-state index contributed by atoms with van der Waals surface area (Å²) < 4.78 is 5.36. The molecule has 0 bridgehead atoms. The van der Waals surface area contributed by atoms with Crippen LogP contribution in [0.3, 0.4) is 0 Å². The number of anilines is 1. The van der Waals surface area contributed by atoms with Gasteiger partial charge in [-0.2, -0.15) is 0 Å². The third kappa shape index (κ3) is 3.62. The lowest BCUT2D eigenvalue weighted by Gasteiger charge is -2.25. The molecule has 0 saturated heterocycles. The summed E-state index contributed by atoms with van der Waals surface area (Å²) in [5.74, 6) is 0.369. The van der Waals surface area contributed by atoms with Crippen LogP contribution in [-0.4, -0.2) is 17.7 Å². The van der Waals surface area contributed by atoms with E-state index in [2.05, 4.69) is 10.6 Å². The van der Waals surface area contributed by atoms with Crippen LogP contribution < -0.4 is 10.6 Å². The topological polar surface area (TPSA) is 74.5 Å². The number of benzene rings is 1. The summed E-state index contributed by atoms with van der Waals surface area (Å²) in [6, 6.07) is 13.4. The van der Waals surface area contributed by atoms with Crippen molar-refractivity contribution >= 4 is 34.7 Å². The van der Waals surface area contributed by atoms with E-state index in [-0.39, 0.29) is 6.54 Å².